The number of aryl methyl sites for hydroxylation is 2. The lowest BCUT2D eigenvalue weighted by molar-refractivity contribution is 0.0629. The van der Waals surface area contributed by atoms with Gasteiger partial charge in [-0.05, 0) is 33.1 Å². The molecule has 0 aliphatic carbocycles. The van der Waals surface area contributed by atoms with E-state index in [1.165, 1.54) is 12.8 Å². The molecule has 2 aliphatic rings. The maximum absolute atomic E-state index is 11.9. The van der Waals surface area contributed by atoms with Crippen LogP contribution >= 0.6 is 0 Å². The monoisotopic (exact) mass is 375 g/mol. The molecule has 3 heterocycles. The molecule has 0 spiro atoms. The van der Waals surface area contributed by atoms with Gasteiger partial charge < -0.3 is 14.5 Å². The summed E-state index contributed by atoms with van der Waals surface area (Å²) in [6.07, 6.45) is 4.21. The Bertz CT molecular complexity index is 631. The van der Waals surface area contributed by atoms with Crippen LogP contribution in [0.1, 0.15) is 44.6 Å². The molecule has 2 saturated heterocycles. The van der Waals surface area contributed by atoms with Crippen molar-refractivity contribution in [3.05, 3.63) is 17.6 Å². The zero-order valence-corrected chi connectivity index (χ0v) is 17.0. The molecule has 3 rings (SSSR count). The third-order valence-electron chi connectivity index (χ3n) is 5.44. The molecule has 1 amide bonds. The normalized spacial score (nSPS) is 21.4. The van der Waals surface area contributed by atoms with E-state index in [9.17, 15) is 4.79 Å². The van der Waals surface area contributed by atoms with Crippen LogP contribution in [0.5, 0.6) is 0 Å². The first-order chi connectivity index (χ1) is 13.1. The fourth-order valence-corrected chi connectivity index (χ4v) is 4.05. The van der Waals surface area contributed by atoms with Crippen LogP contribution in [0.2, 0.25) is 0 Å². The first-order valence-electron chi connectivity index (χ1n) is 10.4. The van der Waals surface area contributed by atoms with Gasteiger partial charge in [0, 0.05) is 63.5 Å². The Morgan fingerprint density at radius 2 is 1.96 bits per heavy atom. The van der Waals surface area contributed by atoms with E-state index < -0.39 is 0 Å². The molecule has 0 aromatic carbocycles. The van der Waals surface area contributed by atoms with E-state index in [4.69, 9.17) is 9.72 Å². The third-order valence-corrected chi connectivity index (χ3v) is 5.44. The summed E-state index contributed by atoms with van der Waals surface area (Å²) in [6.45, 7) is 11.9. The van der Waals surface area contributed by atoms with Crippen LogP contribution in [0, 0.1) is 6.92 Å². The van der Waals surface area contributed by atoms with Crippen LogP contribution in [0.4, 0.5) is 10.6 Å². The van der Waals surface area contributed by atoms with Gasteiger partial charge in [-0.1, -0.05) is 6.92 Å². The number of rotatable bonds is 5. The molecule has 0 saturated carbocycles. The zero-order chi connectivity index (χ0) is 19.2. The number of amides is 1. The average molecular weight is 376 g/mol. The van der Waals surface area contributed by atoms with E-state index in [0.29, 0.717) is 12.6 Å². The van der Waals surface area contributed by atoms with Gasteiger partial charge in [0.25, 0.3) is 0 Å². The van der Waals surface area contributed by atoms with Crippen LogP contribution in [0.15, 0.2) is 6.07 Å². The number of piperazine rings is 1. The van der Waals surface area contributed by atoms with E-state index in [2.05, 4.69) is 34.7 Å². The Hall–Kier alpha value is -1.89. The highest BCUT2D eigenvalue weighted by Crippen LogP contribution is 2.23. The standard InChI is InChI=1S/C20H33N5O2/c1-4-7-18-21-16(3)14-19(22-18)25-9-6-8-17(15-25)23-10-12-24(13-11-23)20(26)27-5-2/h14,17H,4-13,15H2,1-3H3/t17-/m1/s1. The van der Waals surface area contributed by atoms with E-state index in [0.717, 1.165) is 69.4 Å². The molecule has 2 aliphatic heterocycles. The second-order valence-corrected chi connectivity index (χ2v) is 7.50. The number of carbonyl (C=O) groups excluding carboxylic acids is 1. The molecule has 1 atom stereocenters. The minimum absolute atomic E-state index is 0.178. The Morgan fingerprint density at radius 3 is 2.67 bits per heavy atom. The lowest BCUT2D eigenvalue weighted by atomic mass is 10.0. The number of anilines is 1. The largest absolute Gasteiger partial charge is 0.450 e. The Labute approximate surface area is 162 Å². The molecule has 150 valence electrons. The van der Waals surface area contributed by atoms with Gasteiger partial charge in [0.1, 0.15) is 11.6 Å². The lowest BCUT2D eigenvalue weighted by Crippen LogP contribution is -2.56. The number of carbonyl (C=O) groups is 1. The summed E-state index contributed by atoms with van der Waals surface area (Å²) in [5.74, 6) is 2.03. The van der Waals surface area contributed by atoms with Crippen LogP contribution in [-0.2, 0) is 11.2 Å². The minimum Gasteiger partial charge on any atom is -0.450 e. The number of hydrogen-bond donors (Lipinski definition) is 0. The summed E-state index contributed by atoms with van der Waals surface area (Å²) in [5, 5.41) is 0. The molecule has 0 bridgehead atoms. The predicted octanol–water partition coefficient (Wildman–Crippen LogP) is 2.48. The van der Waals surface area contributed by atoms with Crippen LogP contribution in [0.3, 0.4) is 0 Å². The third kappa shape index (κ3) is 5.09. The predicted molar refractivity (Wildman–Crippen MR) is 106 cm³/mol. The van der Waals surface area contributed by atoms with Gasteiger partial charge >= 0.3 is 6.09 Å². The fourth-order valence-electron chi connectivity index (χ4n) is 4.05. The highest BCUT2D eigenvalue weighted by Gasteiger charge is 2.30. The number of piperidine rings is 1. The van der Waals surface area contributed by atoms with Crippen molar-refractivity contribution in [2.75, 3.05) is 50.8 Å². The summed E-state index contributed by atoms with van der Waals surface area (Å²) in [4.78, 5) is 28.0. The molecular weight excluding hydrogens is 342 g/mol. The first-order valence-corrected chi connectivity index (χ1v) is 10.4. The minimum atomic E-state index is -0.178. The van der Waals surface area contributed by atoms with Gasteiger partial charge in [0.2, 0.25) is 0 Å². The smallest absolute Gasteiger partial charge is 0.409 e. The van der Waals surface area contributed by atoms with Crippen molar-refractivity contribution < 1.29 is 9.53 Å². The quantitative estimate of drug-likeness (QED) is 0.788. The van der Waals surface area contributed by atoms with E-state index in [1.807, 2.05) is 11.8 Å². The summed E-state index contributed by atoms with van der Waals surface area (Å²) < 4.78 is 5.13. The Morgan fingerprint density at radius 1 is 1.19 bits per heavy atom. The number of aromatic nitrogens is 2. The van der Waals surface area contributed by atoms with Gasteiger partial charge in [0.05, 0.1) is 6.61 Å². The SMILES string of the molecule is CCCc1nc(C)cc(N2CCC[C@@H](N3CCN(C(=O)OCC)CC3)C2)n1. The Kier molecular flexibility index (Phi) is 6.88. The van der Waals surface area contributed by atoms with Crippen molar-refractivity contribution in [2.24, 2.45) is 0 Å². The molecular formula is C20H33N5O2. The van der Waals surface area contributed by atoms with Crippen molar-refractivity contribution in [1.29, 1.82) is 0 Å². The maximum Gasteiger partial charge on any atom is 0.409 e. The van der Waals surface area contributed by atoms with Crippen molar-refractivity contribution in [3.63, 3.8) is 0 Å². The van der Waals surface area contributed by atoms with Crippen molar-refractivity contribution in [3.8, 4) is 0 Å². The lowest BCUT2D eigenvalue weighted by Gasteiger charge is -2.43. The summed E-state index contributed by atoms with van der Waals surface area (Å²) in [7, 11) is 0. The molecule has 7 nitrogen and oxygen atoms in total. The van der Waals surface area contributed by atoms with Gasteiger partial charge in [-0.3, -0.25) is 4.90 Å². The second-order valence-electron chi connectivity index (χ2n) is 7.50. The number of ether oxygens (including phenoxy) is 1. The van der Waals surface area contributed by atoms with E-state index in [1.54, 1.807) is 0 Å². The molecule has 1 aromatic rings. The molecule has 2 fully saturated rings. The summed E-state index contributed by atoms with van der Waals surface area (Å²) >= 11 is 0. The number of hydrogen-bond acceptors (Lipinski definition) is 6. The second kappa shape index (κ2) is 9.35. The van der Waals surface area contributed by atoms with Gasteiger partial charge in [-0.15, -0.1) is 0 Å². The van der Waals surface area contributed by atoms with Crippen LogP contribution in [0.25, 0.3) is 0 Å². The molecule has 0 N–H and O–H groups in total. The Balaban J connectivity index is 1.59. The number of nitrogens with zero attached hydrogens (tertiary/aromatic N) is 5. The van der Waals surface area contributed by atoms with Gasteiger partial charge in [0.15, 0.2) is 0 Å². The van der Waals surface area contributed by atoms with E-state index in [-0.39, 0.29) is 6.09 Å². The molecule has 1 aromatic heterocycles. The highest BCUT2D eigenvalue weighted by atomic mass is 16.6. The summed E-state index contributed by atoms with van der Waals surface area (Å²) in [5.41, 5.74) is 1.05. The fraction of sp³-hybridized carbons (Fsp3) is 0.750. The van der Waals surface area contributed by atoms with E-state index >= 15 is 0 Å². The average Bonchev–Trinajstić information content (AvgIpc) is 2.68. The van der Waals surface area contributed by atoms with Crippen LogP contribution < -0.4 is 4.90 Å². The van der Waals surface area contributed by atoms with Crippen molar-refractivity contribution >= 4 is 11.9 Å². The van der Waals surface area contributed by atoms with Gasteiger partial charge in [-0.25, -0.2) is 14.8 Å². The van der Waals surface area contributed by atoms with Crippen molar-refractivity contribution in [1.82, 2.24) is 19.8 Å². The molecule has 27 heavy (non-hydrogen) atoms. The topological polar surface area (TPSA) is 61.8 Å². The van der Waals surface area contributed by atoms with Gasteiger partial charge in [-0.2, -0.15) is 0 Å². The molecule has 0 unspecified atom stereocenters. The summed E-state index contributed by atoms with van der Waals surface area (Å²) in [6, 6.07) is 2.63. The van der Waals surface area contributed by atoms with Crippen LogP contribution in [-0.4, -0.2) is 77.8 Å². The molecule has 0 radical (unpaired) electrons. The first kappa shape index (κ1) is 19.9. The highest BCUT2D eigenvalue weighted by molar-refractivity contribution is 5.67. The van der Waals surface area contributed by atoms with Crippen molar-refractivity contribution in [2.45, 2.75) is 52.5 Å². The molecule has 7 heteroatoms. The maximum atomic E-state index is 11.9. The zero-order valence-electron chi connectivity index (χ0n) is 17.0.